The van der Waals surface area contributed by atoms with Crippen LogP contribution in [-0.2, 0) is 34.5 Å². The average molecular weight is 335 g/mol. The molecule has 1 aromatic carbocycles. The average Bonchev–Trinajstić information content (AvgIpc) is 3.03. The van der Waals surface area contributed by atoms with Crippen molar-refractivity contribution in [1.82, 2.24) is 14.5 Å². The van der Waals surface area contributed by atoms with Gasteiger partial charge in [-0.1, -0.05) is 29.8 Å². The Morgan fingerprint density at radius 1 is 1.35 bits per heavy atom. The molecule has 0 saturated carbocycles. The van der Waals surface area contributed by atoms with Crippen LogP contribution in [0.25, 0.3) is 0 Å². The molecule has 0 unspecified atom stereocenters. The largest absolute Gasteiger partial charge is 0.309 e. The van der Waals surface area contributed by atoms with Crippen molar-refractivity contribution >= 4 is 21.9 Å². The lowest BCUT2D eigenvalue weighted by Gasteiger charge is -2.11. The molecular formula is C14H17N5O3S. The van der Waals surface area contributed by atoms with Crippen molar-refractivity contribution in [2.45, 2.75) is 26.4 Å². The Kier molecular flexibility index (Phi) is 3.92. The molecule has 2 heterocycles. The third kappa shape index (κ3) is 3.41. The summed E-state index contributed by atoms with van der Waals surface area (Å²) < 4.78 is 23.9. The van der Waals surface area contributed by atoms with Crippen molar-refractivity contribution in [2.24, 2.45) is 5.14 Å². The van der Waals surface area contributed by atoms with Crippen LogP contribution < -0.4 is 10.5 Å². The van der Waals surface area contributed by atoms with Gasteiger partial charge in [0, 0.05) is 12.1 Å². The van der Waals surface area contributed by atoms with E-state index in [2.05, 4.69) is 15.5 Å². The molecule has 4 N–H and O–H groups in total. The van der Waals surface area contributed by atoms with Gasteiger partial charge < -0.3 is 5.32 Å². The molecular weight excluding hydrogens is 318 g/mol. The molecule has 1 aliphatic heterocycles. The van der Waals surface area contributed by atoms with Crippen molar-refractivity contribution in [3.63, 3.8) is 0 Å². The van der Waals surface area contributed by atoms with Crippen LogP contribution >= 0.6 is 0 Å². The highest BCUT2D eigenvalue weighted by Gasteiger charge is 2.31. The van der Waals surface area contributed by atoms with E-state index in [0.717, 1.165) is 15.4 Å². The molecule has 0 bridgehead atoms. The molecule has 0 saturated heterocycles. The number of hydrogen-bond acceptors (Lipinski definition) is 4. The van der Waals surface area contributed by atoms with Crippen molar-refractivity contribution in [1.29, 1.82) is 0 Å². The molecule has 23 heavy (non-hydrogen) atoms. The lowest BCUT2D eigenvalue weighted by atomic mass is 10.1. The molecule has 0 spiro atoms. The van der Waals surface area contributed by atoms with Gasteiger partial charge in [0.1, 0.15) is 0 Å². The van der Waals surface area contributed by atoms with Crippen molar-refractivity contribution in [3.8, 4) is 0 Å². The molecule has 0 atom stereocenters. The Hall–Kier alpha value is -2.23. The van der Waals surface area contributed by atoms with Crippen LogP contribution in [0.4, 0.5) is 5.82 Å². The van der Waals surface area contributed by atoms with E-state index in [0.29, 0.717) is 17.1 Å². The fraction of sp³-hybridized carbons (Fsp3) is 0.286. The second kappa shape index (κ2) is 5.76. The molecule has 0 aliphatic carbocycles. The minimum Gasteiger partial charge on any atom is -0.309 e. The summed E-state index contributed by atoms with van der Waals surface area (Å²) in [5.74, 6) is 0.139. The second-order valence-electron chi connectivity index (χ2n) is 5.55. The summed E-state index contributed by atoms with van der Waals surface area (Å²) in [6.07, 6.45) is 0.223. The fourth-order valence-corrected chi connectivity index (χ4v) is 3.08. The lowest BCUT2D eigenvalue weighted by molar-refractivity contribution is -0.115. The number of amides is 1. The molecule has 1 amide bonds. The molecule has 3 rings (SSSR count). The smallest absolute Gasteiger partial charge is 0.277 e. The van der Waals surface area contributed by atoms with Crippen LogP contribution in [-0.4, -0.2) is 28.8 Å². The molecule has 1 aliphatic rings. The van der Waals surface area contributed by atoms with Gasteiger partial charge in [-0.25, -0.2) is 5.14 Å². The highest BCUT2D eigenvalue weighted by Crippen LogP contribution is 2.28. The standard InChI is InChI=1S/C14H17N5O3S/c1-9-2-4-10(5-3-9)6-13(20)16-14-11-7-19(23(15,21)22)8-12(11)17-18-14/h2-5H,6-8H2,1H3,(H2,15,21,22)(H2,16,17,18,20). The maximum atomic E-state index is 12.1. The number of aromatic amines is 1. The molecule has 8 nitrogen and oxygen atoms in total. The summed E-state index contributed by atoms with van der Waals surface area (Å²) >= 11 is 0. The first-order valence-corrected chi connectivity index (χ1v) is 8.52. The number of rotatable bonds is 4. The summed E-state index contributed by atoms with van der Waals surface area (Å²) in [5.41, 5.74) is 3.31. The van der Waals surface area contributed by atoms with Gasteiger partial charge in [0.25, 0.3) is 10.2 Å². The normalized spacial score (nSPS) is 14.7. The first-order chi connectivity index (χ1) is 10.8. The Bertz CT molecular complexity index is 842. The van der Waals surface area contributed by atoms with E-state index < -0.39 is 10.2 Å². The Morgan fingerprint density at radius 2 is 2.04 bits per heavy atom. The van der Waals surface area contributed by atoms with E-state index in [-0.39, 0.29) is 25.4 Å². The Labute approximate surface area is 133 Å². The van der Waals surface area contributed by atoms with E-state index in [9.17, 15) is 13.2 Å². The predicted molar refractivity (Wildman–Crippen MR) is 84.5 cm³/mol. The van der Waals surface area contributed by atoms with Crippen molar-refractivity contribution in [2.75, 3.05) is 5.32 Å². The minimum absolute atomic E-state index is 0.102. The third-order valence-electron chi connectivity index (χ3n) is 3.72. The lowest BCUT2D eigenvalue weighted by Crippen LogP contribution is -2.32. The van der Waals surface area contributed by atoms with Crippen molar-refractivity contribution < 1.29 is 13.2 Å². The number of hydrogen-bond donors (Lipinski definition) is 3. The number of H-pyrrole nitrogens is 1. The molecule has 122 valence electrons. The maximum absolute atomic E-state index is 12.1. The number of nitrogens with zero attached hydrogens (tertiary/aromatic N) is 2. The molecule has 9 heteroatoms. The fourth-order valence-electron chi connectivity index (χ4n) is 2.46. The van der Waals surface area contributed by atoms with Gasteiger partial charge in [0.05, 0.1) is 18.7 Å². The SMILES string of the molecule is Cc1ccc(CC(=O)Nc2n[nH]c3c2CN(S(N)(=O)=O)C3)cc1. The molecule has 0 fully saturated rings. The number of aryl methyl sites for hydroxylation is 1. The summed E-state index contributed by atoms with van der Waals surface area (Å²) in [6.45, 7) is 2.22. The number of nitrogens with two attached hydrogens (primary N) is 1. The third-order valence-corrected chi connectivity index (χ3v) is 4.70. The molecule has 2 aromatic rings. The van der Waals surface area contributed by atoms with Gasteiger partial charge >= 0.3 is 0 Å². The van der Waals surface area contributed by atoms with Gasteiger partial charge in [-0.2, -0.15) is 17.8 Å². The van der Waals surface area contributed by atoms with E-state index in [1.54, 1.807) is 0 Å². The van der Waals surface area contributed by atoms with Gasteiger partial charge in [0.2, 0.25) is 5.91 Å². The van der Waals surface area contributed by atoms with E-state index >= 15 is 0 Å². The zero-order valence-electron chi connectivity index (χ0n) is 12.5. The van der Waals surface area contributed by atoms with E-state index in [1.165, 1.54) is 0 Å². The summed E-state index contributed by atoms with van der Waals surface area (Å²) in [4.78, 5) is 12.1. The van der Waals surface area contributed by atoms with Crippen LogP contribution in [0, 0.1) is 6.92 Å². The van der Waals surface area contributed by atoms with E-state index in [4.69, 9.17) is 5.14 Å². The quantitative estimate of drug-likeness (QED) is 0.749. The van der Waals surface area contributed by atoms with Crippen LogP contribution in [0.3, 0.4) is 0 Å². The number of anilines is 1. The number of nitrogens with one attached hydrogen (secondary N) is 2. The van der Waals surface area contributed by atoms with Gasteiger partial charge in [-0.05, 0) is 12.5 Å². The first kappa shape index (κ1) is 15.7. The first-order valence-electron chi connectivity index (χ1n) is 7.02. The number of aromatic nitrogens is 2. The zero-order valence-corrected chi connectivity index (χ0v) is 13.4. The summed E-state index contributed by atoms with van der Waals surface area (Å²) in [6, 6.07) is 7.68. The second-order valence-corrected chi connectivity index (χ2v) is 7.10. The Morgan fingerprint density at radius 3 is 2.70 bits per heavy atom. The monoisotopic (exact) mass is 335 g/mol. The van der Waals surface area contributed by atoms with Crippen LogP contribution in [0.15, 0.2) is 24.3 Å². The maximum Gasteiger partial charge on any atom is 0.277 e. The van der Waals surface area contributed by atoms with Gasteiger partial charge in [0.15, 0.2) is 5.82 Å². The highest BCUT2D eigenvalue weighted by molar-refractivity contribution is 7.86. The number of carbonyl (C=O) groups excluding carboxylic acids is 1. The number of benzene rings is 1. The summed E-state index contributed by atoms with van der Waals surface area (Å²) in [7, 11) is -3.77. The zero-order chi connectivity index (χ0) is 16.6. The van der Waals surface area contributed by atoms with Crippen molar-refractivity contribution in [3.05, 3.63) is 46.6 Å². The minimum atomic E-state index is -3.77. The Balaban J connectivity index is 1.68. The van der Waals surface area contributed by atoms with Crippen LogP contribution in [0.5, 0.6) is 0 Å². The van der Waals surface area contributed by atoms with Crippen LogP contribution in [0.2, 0.25) is 0 Å². The molecule has 1 aromatic heterocycles. The van der Waals surface area contributed by atoms with E-state index in [1.807, 2.05) is 31.2 Å². The predicted octanol–water partition coefficient (Wildman–Crippen LogP) is 0.418. The topological polar surface area (TPSA) is 121 Å². The number of carbonyl (C=O) groups is 1. The summed E-state index contributed by atoms with van der Waals surface area (Å²) in [5, 5.41) is 14.6. The molecule has 0 radical (unpaired) electrons. The van der Waals surface area contributed by atoms with Gasteiger partial charge in [-0.3, -0.25) is 9.89 Å². The number of fused-ring (bicyclic) bond motifs is 1. The highest BCUT2D eigenvalue weighted by atomic mass is 32.2. The van der Waals surface area contributed by atoms with Crippen LogP contribution in [0.1, 0.15) is 22.4 Å². The van der Waals surface area contributed by atoms with Gasteiger partial charge in [-0.15, -0.1) is 0 Å².